The Bertz CT molecular complexity index is 740. The second-order valence-corrected chi connectivity index (χ2v) is 6.24. The quantitative estimate of drug-likeness (QED) is 0.740. The van der Waals surface area contributed by atoms with E-state index in [0.29, 0.717) is 6.54 Å². The van der Waals surface area contributed by atoms with Gasteiger partial charge in [-0.2, -0.15) is 0 Å². The molecule has 0 amide bonds. The molecule has 3 nitrogen and oxygen atoms in total. The third-order valence-electron chi connectivity index (χ3n) is 3.44. The van der Waals surface area contributed by atoms with E-state index >= 15 is 0 Å². The van der Waals surface area contributed by atoms with Gasteiger partial charge in [0.25, 0.3) is 0 Å². The fourth-order valence-electron chi connectivity index (χ4n) is 2.27. The second kappa shape index (κ2) is 6.73. The molecule has 0 fully saturated rings. The van der Waals surface area contributed by atoms with Gasteiger partial charge in [-0.3, -0.25) is 0 Å². The number of nitrogens with one attached hydrogen (secondary N) is 1. The standard InChI is InChI=1S/C18H18N2OS/c1-13-6-5-9-15(10-13)16(21)11-19-18-20-12-17(22-18)14-7-3-2-4-8-14/h2-10,12,16,21H,11H2,1H3,(H,19,20). The molecule has 0 radical (unpaired) electrons. The highest BCUT2D eigenvalue weighted by atomic mass is 32.1. The van der Waals surface area contributed by atoms with Gasteiger partial charge < -0.3 is 10.4 Å². The largest absolute Gasteiger partial charge is 0.387 e. The lowest BCUT2D eigenvalue weighted by atomic mass is 10.1. The molecule has 1 unspecified atom stereocenters. The number of rotatable bonds is 5. The molecule has 1 heterocycles. The van der Waals surface area contributed by atoms with Gasteiger partial charge in [-0.25, -0.2) is 4.98 Å². The van der Waals surface area contributed by atoms with Crippen LogP contribution >= 0.6 is 11.3 Å². The van der Waals surface area contributed by atoms with Crippen LogP contribution in [0.2, 0.25) is 0 Å². The molecule has 4 heteroatoms. The van der Waals surface area contributed by atoms with Crippen LogP contribution in [0.1, 0.15) is 17.2 Å². The van der Waals surface area contributed by atoms with Gasteiger partial charge in [0.05, 0.1) is 11.0 Å². The number of hydrogen-bond acceptors (Lipinski definition) is 4. The summed E-state index contributed by atoms with van der Waals surface area (Å²) in [6.07, 6.45) is 1.32. The Labute approximate surface area is 134 Å². The number of hydrogen-bond donors (Lipinski definition) is 2. The molecule has 1 atom stereocenters. The van der Waals surface area contributed by atoms with Crippen molar-refractivity contribution in [3.8, 4) is 10.4 Å². The Balaban J connectivity index is 1.64. The Morgan fingerprint density at radius 3 is 2.73 bits per heavy atom. The van der Waals surface area contributed by atoms with Crippen LogP contribution in [0.3, 0.4) is 0 Å². The molecule has 1 aromatic heterocycles. The number of thiazole rings is 1. The van der Waals surface area contributed by atoms with Gasteiger partial charge in [-0.15, -0.1) is 0 Å². The van der Waals surface area contributed by atoms with Gasteiger partial charge in [-0.05, 0) is 18.1 Å². The van der Waals surface area contributed by atoms with Gasteiger partial charge in [0, 0.05) is 12.7 Å². The Hall–Kier alpha value is -2.17. The molecule has 112 valence electrons. The summed E-state index contributed by atoms with van der Waals surface area (Å²) in [6.45, 7) is 2.47. The number of aryl methyl sites for hydroxylation is 1. The Kier molecular flexibility index (Phi) is 4.51. The summed E-state index contributed by atoms with van der Waals surface area (Å²) < 4.78 is 0. The van der Waals surface area contributed by atoms with Crippen molar-refractivity contribution in [3.05, 3.63) is 71.9 Å². The molecule has 2 N–H and O–H groups in total. The van der Waals surface area contributed by atoms with Crippen LogP contribution < -0.4 is 5.32 Å². The van der Waals surface area contributed by atoms with Crippen LogP contribution in [-0.2, 0) is 0 Å². The fourth-order valence-corrected chi connectivity index (χ4v) is 3.10. The fraction of sp³-hybridized carbons (Fsp3) is 0.167. The van der Waals surface area contributed by atoms with E-state index in [0.717, 1.165) is 26.7 Å². The van der Waals surface area contributed by atoms with E-state index in [-0.39, 0.29) is 0 Å². The van der Waals surface area contributed by atoms with Crippen molar-refractivity contribution in [1.29, 1.82) is 0 Å². The third-order valence-corrected chi connectivity index (χ3v) is 4.44. The van der Waals surface area contributed by atoms with Gasteiger partial charge in [0.2, 0.25) is 0 Å². The number of nitrogens with zero attached hydrogens (tertiary/aromatic N) is 1. The average molecular weight is 310 g/mol. The van der Waals surface area contributed by atoms with E-state index in [4.69, 9.17) is 0 Å². The molecular weight excluding hydrogens is 292 g/mol. The summed E-state index contributed by atoms with van der Waals surface area (Å²) in [5, 5.41) is 14.3. The lowest BCUT2D eigenvalue weighted by Crippen LogP contribution is -2.11. The monoisotopic (exact) mass is 310 g/mol. The number of aromatic nitrogens is 1. The molecule has 0 saturated heterocycles. The number of anilines is 1. The maximum absolute atomic E-state index is 10.2. The van der Waals surface area contributed by atoms with E-state index < -0.39 is 6.10 Å². The predicted molar refractivity (Wildman–Crippen MR) is 92.2 cm³/mol. The van der Waals surface area contributed by atoms with Crippen LogP contribution in [0.4, 0.5) is 5.13 Å². The SMILES string of the molecule is Cc1cccc(C(O)CNc2ncc(-c3ccccc3)s2)c1. The maximum atomic E-state index is 10.2. The molecule has 0 bridgehead atoms. The molecule has 0 aliphatic carbocycles. The highest BCUT2D eigenvalue weighted by Gasteiger charge is 2.09. The van der Waals surface area contributed by atoms with E-state index in [9.17, 15) is 5.11 Å². The summed E-state index contributed by atoms with van der Waals surface area (Å²) in [4.78, 5) is 5.49. The smallest absolute Gasteiger partial charge is 0.183 e. The second-order valence-electron chi connectivity index (χ2n) is 5.21. The maximum Gasteiger partial charge on any atom is 0.183 e. The Morgan fingerprint density at radius 1 is 1.14 bits per heavy atom. The molecule has 3 rings (SSSR count). The number of aliphatic hydroxyl groups excluding tert-OH is 1. The Morgan fingerprint density at radius 2 is 1.95 bits per heavy atom. The minimum absolute atomic E-state index is 0.450. The lowest BCUT2D eigenvalue weighted by molar-refractivity contribution is 0.191. The summed E-state index contributed by atoms with van der Waals surface area (Å²) in [5.74, 6) is 0. The molecule has 0 aliphatic rings. The van der Waals surface area contributed by atoms with E-state index in [1.54, 1.807) is 11.3 Å². The normalized spacial score (nSPS) is 12.1. The molecule has 22 heavy (non-hydrogen) atoms. The zero-order valence-corrected chi connectivity index (χ0v) is 13.2. The van der Waals surface area contributed by atoms with Crippen molar-refractivity contribution in [2.45, 2.75) is 13.0 Å². The van der Waals surface area contributed by atoms with Crippen molar-refractivity contribution in [2.75, 3.05) is 11.9 Å². The van der Waals surface area contributed by atoms with Crippen LogP contribution in [-0.4, -0.2) is 16.6 Å². The number of benzene rings is 2. The summed E-state index contributed by atoms with van der Waals surface area (Å²) in [5.41, 5.74) is 3.23. The van der Waals surface area contributed by atoms with Crippen molar-refractivity contribution >= 4 is 16.5 Å². The highest BCUT2D eigenvalue weighted by Crippen LogP contribution is 2.29. The van der Waals surface area contributed by atoms with Crippen molar-refractivity contribution < 1.29 is 5.11 Å². The lowest BCUT2D eigenvalue weighted by Gasteiger charge is -2.12. The van der Waals surface area contributed by atoms with Gasteiger partial charge in [-0.1, -0.05) is 71.5 Å². The van der Waals surface area contributed by atoms with Crippen LogP contribution in [0.25, 0.3) is 10.4 Å². The topological polar surface area (TPSA) is 45.1 Å². The van der Waals surface area contributed by atoms with Gasteiger partial charge in [0.15, 0.2) is 5.13 Å². The van der Waals surface area contributed by atoms with Crippen molar-refractivity contribution in [2.24, 2.45) is 0 Å². The van der Waals surface area contributed by atoms with E-state index in [1.165, 1.54) is 0 Å². The summed E-state index contributed by atoms with van der Waals surface area (Å²) in [6, 6.07) is 18.1. The van der Waals surface area contributed by atoms with Crippen LogP contribution in [0.15, 0.2) is 60.8 Å². The molecule has 2 aromatic carbocycles. The molecule has 3 aromatic rings. The highest BCUT2D eigenvalue weighted by molar-refractivity contribution is 7.18. The molecular formula is C18H18N2OS. The van der Waals surface area contributed by atoms with Crippen LogP contribution in [0, 0.1) is 6.92 Å². The van der Waals surface area contributed by atoms with Crippen molar-refractivity contribution in [1.82, 2.24) is 4.98 Å². The third kappa shape index (κ3) is 3.53. The first-order valence-corrected chi connectivity index (χ1v) is 8.04. The van der Waals surface area contributed by atoms with E-state index in [2.05, 4.69) is 22.4 Å². The molecule has 0 spiro atoms. The van der Waals surface area contributed by atoms with Gasteiger partial charge >= 0.3 is 0 Å². The summed E-state index contributed by atoms with van der Waals surface area (Å²) in [7, 11) is 0. The van der Waals surface area contributed by atoms with Gasteiger partial charge in [0.1, 0.15) is 0 Å². The molecule has 0 aliphatic heterocycles. The van der Waals surface area contributed by atoms with Crippen molar-refractivity contribution in [3.63, 3.8) is 0 Å². The first-order chi connectivity index (χ1) is 10.7. The first-order valence-electron chi connectivity index (χ1n) is 7.22. The number of aliphatic hydroxyl groups is 1. The van der Waals surface area contributed by atoms with Crippen LogP contribution in [0.5, 0.6) is 0 Å². The zero-order valence-electron chi connectivity index (χ0n) is 12.4. The zero-order chi connectivity index (χ0) is 15.4. The minimum atomic E-state index is -0.538. The van der Waals surface area contributed by atoms with E-state index in [1.807, 2.05) is 55.6 Å². The summed E-state index contributed by atoms with van der Waals surface area (Å²) >= 11 is 1.59. The minimum Gasteiger partial charge on any atom is -0.387 e. The average Bonchev–Trinajstić information content (AvgIpc) is 3.02. The predicted octanol–water partition coefficient (Wildman–Crippen LogP) is 4.26. The molecule has 0 saturated carbocycles. The first kappa shape index (κ1) is 14.8.